The second-order valence-corrected chi connectivity index (χ2v) is 4.98. The standard InChI is InChI=1S/C16H11F2N5O2/c17-15(18)25-14-8-11(9-19)6-7-12(14)10-22-16(24)23(21-20-22)13-4-2-1-3-5-13/h1-8,15H,10H2. The van der Waals surface area contributed by atoms with Gasteiger partial charge in [0, 0.05) is 5.56 Å². The Morgan fingerprint density at radius 1 is 1.16 bits per heavy atom. The second kappa shape index (κ2) is 6.92. The van der Waals surface area contributed by atoms with Gasteiger partial charge in [-0.05, 0) is 34.7 Å². The molecule has 1 aromatic heterocycles. The van der Waals surface area contributed by atoms with E-state index in [4.69, 9.17) is 5.26 Å². The Hall–Kier alpha value is -3.54. The third-order valence-corrected chi connectivity index (χ3v) is 3.37. The van der Waals surface area contributed by atoms with Gasteiger partial charge in [-0.2, -0.15) is 23.4 Å². The summed E-state index contributed by atoms with van der Waals surface area (Å²) >= 11 is 0. The molecule has 0 radical (unpaired) electrons. The summed E-state index contributed by atoms with van der Waals surface area (Å²) in [6, 6.07) is 14.6. The molecule has 0 aliphatic heterocycles. The van der Waals surface area contributed by atoms with Gasteiger partial charge in [0.05, 0.1) is 23.9 Å². The predicted molar refractivity (Wildman–Crippen MR) is 82.5 cm³/mol. The fourth-order valence-corrected chi connectivity index (χ4v) is 2.23. The Labute approximate surface area is 140 Å². The lowest BCUT2D eigenvalue weighted by molar-refractivity contribution is -0.0505. The minimum absolute atomic E-state index is 0.126. The molecule has 2 aromatic carbocycles. The molecule has 0 spiro atoms. The summed E-state index contributed by atoms with van der Waals surface area (Å²) in [5, 5.41) is 16.4. The van der Waals surface area contributed by atoms with E-state index in [1.165, 1.54) is 18.2 Å². The van der Waals surface area contributed by atoms with E-state index in [2.05, 4.69) is 15.2 Å². The largest absolute Gasteiger partial charge is 0.434 e. The van der Waals surface area contributed by atoms with Crippen molar-refractivity contribution < 1.29 is 13.5 Å². The van der Waals surface area contributed by atoms with Crippen LogP contribution < -0.4 is 10.4 Å². The normalized spacial score (nSPS) is 10.6. The molecule has 1 heterocycles. The van der Waals surface area contributed by atoms with E-state index in [1.54, 1.807) is 30.3 Å². The summed E-state index contributed by atoms with van der Waals surface area (Å²) in [7, 11) is 0. The number of rotatable bonds is 5. The van der Waals surface area contributed by atoms with Crippen LogP contribution in [-0.2, 0) is 6.54 Å². The average Bonchev–Trinajstić information content (AvgIpc) is 2.97. The first kappa shape index (κ1) is 16.3. The fraction of sp³-hybridized carbons (Fsp3) is 0.125. The highest BCUT2D eigenvalue weighted by Gasteiger charge is 2.15. The maximum Gasteiger partial charge on any atom is 0.387 e. The minimum Gasteiger partial charge on any atom is -0.434 e. The van der Waals surface area contributed by atoms with E-state index in [1.807, 2.05) is 6.07 Å². The van der Waals surface area contributed by atoms with Crippen LogP contribution in [0.25, 0.3) is 5.69 Å². The van der Waals surface area contributed by atoms with Gasteiger partial charge in [-0.25, -0.2) is 4.79 Å². The monoisotopic (exact) mass is 343 g/mol. The number of para-hydroxylation sites is 1. The van der Waals surface area contributed by atoms with Crippen LogP contribution in [0, 0.1) is 11.3 Å². The van der Waals surface area contributed by atoms with Gasteiger partial charge in [0.1, 0.15) is 5.75 Å². The molecule has 0 amide bonds. The molecule has 126 valence electrons. The van der Waals surface area contributed by atoms with Gasteiger partial charge in [0.25, 0.3) is 0 Å². The highest BCUT2D eigenvalue weighted by Crippen LogP contribution is 2.23. The number of nitrogens with zero attached hydrogens (tertiary/aromatic N) is 5. The van der Waals surface area contributed by atoms with Gasteiger partial charge in [0.15, 0.2) is 0 Å². The Morgan fingerprint density at radius 3 is 2.60 bits per heavy atom. The molecule has 0 fully saturated rings. The molecule has 0 atom stereocenters. The van der Waals surface area contributed by atoms with Gasteiger partial charge in [-0.1, -0.05) is 24.3 Å². The molecule has 0 saturated heterocycles. The lowest BCUT2D eigenvalue weighted by Gasteiger charge is -2.10. The minimum atomic E-state index is -3.05. The van der Waals surface area contributed by atoms with Crippen LogP contribution in [0.4, 0.5) is 8.78 Å². The highest BCUT2D eigenvalue weighted by molar-refractivity contribution is 5.42. The van der Waals surface area contributed by atoms with Crippen LogP contribution in [0.5, 0.6) is 5.75 Å². The fourth-order valence-electron chi connectivity index (χ4n) is 2.23. The van der Waals surface area contributed by atoms with Crippen molar-refractivity contribution in [2.45, 2.75) is 13.2 Å². The average molecular weight is 343 g/mol. The van der Waals surface area contributed by atoms with Crippen molar-refractivity contribution in [3.05, 3.63) is 70.1 Å². The smallest absolute Gasteiger partial charge is 0.387 e. The molecular formula is C16H11F2N5O2. The third-order valence-electron chi connectivity index (χ3n) is 3.37. The first-order valence-electron chi connectivity index (χ1n) is 7.14. The number of benzene rings is 2. The zero-order valence-corrected chi connectivity index (χ0v) is 12.7. The van der Waals surface area contributed by atoms with E-state index in [9.17, 15) is 13.6 Å². The Bertz CT molecular complexity index is 976. The van der Waals surface area contributed by atoms with Gasteiger partial charge < -0.3 is 4.74 Å². The van der Waals surface area contributed by atoms with Crippen molar-refractivity contribution in [1.29, 1.82) is 5.26 Å². The molecule has 3 aromatic rings. The van der Waals surface area contributed by atoms with E-state index in [0.717, 1.165) is 9.36 Å². The zero-order chi connectivity index (χ0) is 17.8. The van der Waals surface area contributed by atoms with Crippen molar-refractivity contribution in [2.75, 3.05) is 0 Å². The Kier molecular flexibility index (Phi) is 4.52. The number of hydrogen-bond acceptors (Lipinski definition) is 5. The van der Waals surface area contributed by atoms with Crippen molar-refractivity contribution in [3.63, 3.8) is 0 Å². The molecule has 0 aliphatic carbocycles. The summed E-state index contributed by atoms with van der Waals surface area (Å²) in [5.41, 5.74) is 0.447. The molecule has 0 N–H and O–H groups in total. The van der Waals surface area contributed by atoms with E-state index >= 15 is 0 Å². The van der Waals surface area contributed by atoms with Crippen molar-refractivity contribution in [3.8, 4) is 17.5 Å². The molecule has 0 unspecified atom stereocenters. The van der Waals surface area contributed by atoms with E-state index < -0.39 is 12.3 Å². The van der Waals surface area contributed by atoms with Crippen molar-refractivity contribution >= 4 is 0 Å². The van der Waals surface area contributed by atoms with Crippen molar-refractivity contribution in [2.24, 2.45) is 0 Å². The van der Waals surface area contributed by atoms with Gasteiger partial charge in [0.2, 0.25) is 0 Å². The topological polar surface area (TPSA) is 85.7 Å². The first-order chi connectivity index (χ1) is 12.1. The molecule has 9 heteroatoms. The summed E-state index contributed by atoms with van der Waals surface area (Å²) < 4.78 is 31.7. The van der Waals surface area contributed by atoms with Crippen LogP contribution in [-0.4, -0.2) is 26.4 Å². The number of tetrazole rings is 1. The SMILES string of the molecule is N#Cc1ccc(Cn2nnn(-c3ccccc3)c2=O)c(OC(F)F)c1. The van der Waals surface area contributed by atoms with Crippen LogP contribution in [0.2, 0.25) is 0 Å². The molecule has 25 heavy (non-hydrogen) atoms. The maximum atomic E-state index is 12.6. The first-order valence-corrected chi connectivity index (χ1v) is 7.14. The number of alkyl halides is 2. The summed E-state index contributed by atoms with van der Waals surface area (Å²) in [5.74, 6) is -0.185. The van der Waals surface area contributed by atoms with Gasteiger partial charge >= 0.3 is 12.3 Å². The molecule has 0 saturated carbocycles. The molecule has 3 rings (SSSR count). The molecule has 0 aliphatic rings. The second-order valence-electron chi connectivity index (χ2n) is 4.98. The number of ether oxygens (including phenoxy) is 1. The van der Waals surface area contributed by atoms with Gasteiger partial charge in [-0.15, -0.1) is 0 Å². The van der Waals surface area contributed by atoms with Crippen LogP contribution >= 0.6 is 0 Å². The van der Waals surface area contributed by atoms with E-state index in [0.29, 0.717) is 5.69 Å². The lowest BCUT2D eigenvalue weighted by Crippen LogP contribution is -2.25. The molecule has 7 nitrogen and oxygen atoms in total. The predicted octanol–water partition coefficient (Wildman–Crippen LogP) is 1.95. The number of hydrogen-bond donors (Lipinski definition) is 0. The summed E-state index contributed by atoms with van der Waals surface area (Å²) in [6.45, 7) is -3.18. The van der Waals surface area contributed by atoms with Crippen LogP contribution in [0.15, 0.2) is 53.3 Å². The number of nitriles is 1. The number of aromatic nitrogens is 4. The third kappa shape index (κ3) is 3.53. The summed E-state index contributed by atoms with van der Waals surface area (Å²) in [4.78, 5) is 12.4. The maximum absolute atomic E-state index is 12.6. The van der Waals surface area contributed by atoms with Crippen LogP contribution in [0.3, 0.4) is 0 Å². The van der Waals surface area contributed by atoms with E-state index in [-0.39, 0.29) is 23.4 Å². The highest BCUT2D eigenvalue weighted by atomic mass is 19.3. The molecular weight excluding hydrogens is 332 g/mol. The summed E-state index contributed by atoms with van der Waals surface area (Å²) in [6.07, 6.45) is 0. The van der Waals surface area contributed by atoms with Crippen LogP contribution in [0.1, 0.15) is 11.1 Å². The van der Waals surface area contributed by atoms with Gasteiger partial charge in [-0.3, -0.25) is 0 Å². The van der Waals surface area contributed by atoms with Crippen molar-refractivity contribution in [1.82, 2.24) is 19.8 Å². The number of halogens is 2. The zero-order valence-electron chi connectivity index (χ0n) is 12.7. The Balaban J connectivity index is 1.95. The lowest BCUT2D eigenvalue weighted by atomic mass is 10.1. The quantitative estimate of drug-likeness (QED) is 0.707. The molecule has 0 bridgehead atoms. The Morgan fingerprint density at radius 2 is 1.92 bits per heavy atom.